The summed E-state index contributed by atoms with van der Waals surface area (Å²) in [6.45, 7) is 2.29. The fourth-order valence-corrected chi connectivity index (χ4v) is 4.79. The van der Waals surface area contributed by atoms with Gasteiger partial charge in [0.15, 0.2) is 0 Å². The predicted molar refractivity (Wildman–Crippen MR) is 144 cm³/mol. The van der Waals surface area contributed by atoms with Crippen LogP contribution in [-0.4, -0.2) is 13.0 Å². The fourth-order valence-electron chi connectivity index (χ4n) is 4.41. The van der Waals surface area contributed by atoms with Crippen LogP contribution in [0.2, 0.25) is 0 Å². The topological polar surface area (TPSA) is 54.4 Å². The zero-order chi connectivity index (χ0) is 23.6. The molecule has 1 N–H and O–H groups in total. The molecular formula is C28H58Na2O3S. The molecular weight excluding hydrogens is 462 g/mol. The van der Waals surface area contributed by atoms with Gasteiger partial charge in [-0.25, -0.2) is 0 Å². The van der Waals surface area contributed by atoms with Gasteiger partial charge in [-0.2, -0.15) is 8.42 Å². The van der Waals surface area contributed by atoms with Crippen molar-refractivity contribution in [2.45, 2.75) is 167 Å². The Morgan fingerprint density at radius 3 is 0.971 bits per heavy atom. The summed E-state index contributed by atoms with van der Waals surface area (Å²) >= 11 is 0. The minimum atomic E-state index is -3.93. The summed E-state index contributed by atoms with van der Waals surface area (Å²) in [6, 6.07) is 0. The van der Waals surface area contributed by atoms with Gasteiger partial charge in [0, 0.05) is 0 Å². The molecule has 0 amide bonds. The van der Waals surface area contributed by atoms with Gasteiger partial charge in [0.1, 0.15) is 0 Å². The zero-order valence-electron chi connectivity index (χ0n) is 25.5. The molecule has 0 aromatic heterocycles. The molecule has 6 heteroatoms. The molecule has 0 heterocycles. The molecule has 0 radical (unpaired) electrons. The van der Waals surface area contributed by atoms with Crippen LogP contribution < -0.4 is 59.1 Å². The third kappa shape index (κ3) is 38.2. The van der Waals surface area contributed by atoms with Crippen LogP contribution in [0.4, 0.5) is 0 Å². The Kier molecular flexibility index (Phi) is 38.6. The summed E-state index contributed by atoms with van der Waals surface area (Å²) in [5.41, 5.74) is 0. The van der Waals surface area contributed by atoms with Crippen LogP contribution in [0.15, 0.2) is 11.5 Å². The van der Waals surface area contributed by atoms with Gasteiger partial charge in [0.05, 0.1) is 5.41 Å². The van der Waals surface area contributed by atoms with E-state index in [1.54, 1.807) is 6.08 Å². The first kappa shape index (κ1) is 40.2. The maximum absolute atomic E-state index is 10.5. The normalized spacial score (nSPS) is 11.5. The summed E-state index contributed by atoms with van der Waals surface area (Å²) < 4.78 is 29.7. The summed E-state index contributed by atoms with van der Waals surface area (Å²) in [6.07, 6.45) is 35.5. The molecule has 196 valence electrons. The van der Waals surface area contributed by atoms with Crippen molar-refractivity contribution in [2.75, 3.05) is 0 Å². The number of hydrogen-bond donors (Lipinski definition) is 1. The van der Waals surface area contributed by atoms with Crippen molar-refractivity contribution in [1.29, 1.82) is 0 Å². The van der Waals surface area contributed by atoms with E-state index in [-0.39, 0.29) is 62.0 Å². The monoisotopic (exact) mass is 520 g/mol. The molecule has 0 aliphatic rings. The van der Waals surface area contributed by atoms with E-state index in [2.05, 4.69) is 6.92 Å². The number of rotatable bonds is 26. The van der Waals surface area contributed by atoms with E-state index in [0.29, 0.717) is 0 Å². The van der Waals surface area contributed by atoms with Crippen molar-refractivity contribution in [3.63, 3.8) is 0 Å². The van der Waals surface area contributed by atoms with Crippen LogP contribution in [0, 0.1) is 0 Å². The van der Waals surface area contributed by atoms with Gasteiger partial charge in [-0.15, -0.1) is 0 Å². The first-order valence-electron chi connectivity index (χ1n) is 14.2. The van der Waals surface area contributed by atoms with Gasteiger partial charge < -0.3 is 2.85 Å². The third-order valence-corrected chi connectivity index (χ3v) is 7.03. The number of unbranched alkanes of at least 4 members (excludes halogenated alkanes) is 24. The average Bonchev–Trinajstić information content (AvgIpc) is 2.75. The molecule has 0 unspecified atom stereocenters. The van der Waals surface area contributed by atoms with Crippen molar-refractivity contribution >= 4 is 10.1 Å². The average molecular weight is 521 g/mol. The Morgan fingerprint density at radius 2 is 0.735 bits per heavy atom. The molecule has 0 saturated carbocycles. The summed E-state index contributed by atoms with van der Waals surface area (Å²) in [5.74, 6) is 0. The molecule has 0 atom stereocenters. The van der Waals surface area contributed by atoms with Crippen LogP contribution in [0.25, 0.3) is 0 Å². The molecule has 0 aliphatic heterocycles. The Hall–Kier alpha value is 1.65. The van der Waals surface area contributed by atoms with Crippen molar-refractivity contribution in [1.82, 2.24) is 0 Å². The molecule has 0 rings (SSSR count). The molecule has 0 aromatic rings. The maximum atomic E-state index is 10.5. The molecule has 0 aromatic carbocycles. The van der Waals surface area contributed by atoms with E-state index < -0.39 is 10.1 Å². The van der Waals surface area contributed by atoms with Crippen molar-refractivity contribution in [3.05, 3.63) is 11.5 Å². The minimum absolute atomic E-state index is 0. The van der Waals surface area contributed by atoms with Gasteiger partial charge in [-0.1, -0.05) is 161 Å². The Balaban J connectivity index is -0.000000801. The molecule has 0 aliphatic carbocycles. The van der Waals surface area contributed by atoms with Gasteiger partial charge in [-0.05, 0) is 12.8 Å². The Morgan fingerprint density at radius 1 is 0.500 bits per heavy atom. The van der Waals surface area contributed by atoms with Crippen LogP contribution in [-0.2, 0) is 10.1 Å². The van der Waals surface area contributed by atoms with E-state index in [0.717, 1.165) is 24.7 Å². The van der Waals surface area contributed by atoms with Crippen molar-refractivity contribution in [2.24, 2.45) is 0 Å². The van der Waals surface area contributed by atoms with Crippen LogP contribution in [0.3, 0.4) is 0 Å². The molecule has 3 nitrogen and oxygen atoms in total. The van der Waals surface area contributed by atoms with Crippen LogP contribution >= 0.6 is 0 Å². The molecule has 0 saturated heterocycles. The van der Waals surface area contributed by atoms with Crippen molar-refractivity contribution < 1.29 is 74.9 Å². The van der Waals surface area contributed by atoms with E-state index in [1.165, 1.54) is 141 Å². The van der Waals surface area contributed by atoms with Crippen LogP contribution in [0.5, 0.6) is 0 Å². The van der Waals surface area contributed by atoms with Gasteiger partial charge >= 0.3 is 59.1 Å². The molecule has 0 spiro atoms. The van der Waals surface area contributed by atoms with Crippen LogP contribution in [0.1, 0.15) is 170 Å². The largest absolute Gasteiger partial charge is 1.00 e. The van der Waals surface area contributed by atoms with E-state index in [1.807, 2.05) is 0 Å². The second-order valence-electron chi connectivity index (χ2n) is 9.81. The van der Waals surface area contributed by atoms with Gasteiger partial charge in [-0.3, -0.25) is 4.55 Å². The Labute approximate surface area is 261 Å². The van der Waals surface area contributed by atoms with E-state index in [9.17, 15) is 8.42 Å². The van der Waals surface area contributed by atoms with Gasteiger partial charge in [0.25, 0.3) is 10.1 Å². The smallest absolute Gasteiger partial charge is 1.00 e. The minimum Gasteiger partial charge on any atom is -1.00 e. The van der Waals surface area contributed by atoms with Gasteiger partial charge in [0.2, 0.25) is 0 Å². The number of hydrogen-bond acceptors (Lipinski definition) is 2. The molecule has 0 bridgehead atoms. The second-order valence-corrected chi connectivity index (χ2v) is 11.1. The third-order valence-electron chi connectivity index (χ3n) is 6.49. The summed E-state index contributed by atoms with van der Waals surface area (Å²) in [7, 11) is -3.93. The fraction of sp³-hybridized carbons (Fsp3) is 0.929. The standard InChI is InChI=1S/C28H56O3S.2Na.2H/c1-2-3-4-5-6-7-8-9-10-11-12-13-14-15-16-17-18-19-20-21-22-23-24-25-26-27-28-32(29,30)31;;;;/h27-28H,2-26H2,1H3,(H,29,30,31);;;;/q;2*+1;2*-1. The predicted octanol–water partition coefficient (Wildman–Crippen LogP) is 4.39. The Bertz CT molecular complexity index is 507. The maximum Gasteiger partial charge on any atom is 1.00 e. The second kappa shape index (κ2) is 32.7. The van der Waals surface area contributed by atoms with E-state index >= 15 is 0 Å². The number of allylic oxidation sites excluding steroid dienone is 1. The summed E-state index contributed by atoms with van der Waals surface area (Å²) in [5, 5.41) is 0.895. The molecule has 0 fully saturated rings. The zero-order valence-corrected chi connectivity index (χ0v) is 28.3. The first-order valence-corrected chi connectivity index (χ1v) is 15.7. The van der Waals surface area contributed by atoms with Crippen molar-refractivity contribution in [3.8, 4) is 0 Å². The summed E-state index contributed by atoms with van der Waals surface area (Å²) in [4.78, 5) is 0. The SMILES string of the molecule is CCCCCCCCCCCCCCCCCCCCCCCCCCC=CS(=O)(=O)O.[H-].[H-].[Na+].[Na+]. The quantitative estimate of drug-likeness (QED) is 0.105. The first-order chi connectivity index (χ1) is 15.6. The van der Waals surface area contributed by atoms with E-state index in [4.69, 9.17) is 4.55 Å². The molecule has 34 heavy (non-hydrogen) atoms.